The lowest BCUT2D eigenvalue weighted by atomic mass is 10.1. The molecule has 1 atom stereocenters. The van der Waals surface area contributed by atoms with E-state index in [1.54, 1.807) is 0 Å². The summed E-state index contributed by atoms with van der Waals surface area (Å²) in [5.74, 6) is 2.33. The molecule has 1 aromatic heterocycles. The molecule has 0 aliphatic heterocycles. The van der Waals surface area contributed by atoms with Gasteiger partial charge in [0.15, 0.2) is 0 Å². The summed E-state index contributed by atoms with van der Waals surface area (Å²) >= 11 is 1.91. The maximum Gasteiger partial charge on any atom is 0.134 e. The lowest BCUT2D eigenvalue weighted by Crippen LogP contribution is -2.30. The molecule has 0 radical (unpaired) electrons. The first-order valence-corrected chi connectivity index (χ1v) is 9.41. The van der Waals surface area contributed by atoms with Gasteiger partial charge in [-0.2, -0.15) is 11.8 Å². The number of rotatable bonds is 9. The molecule has 1 unspecified atom stereocenters. The Bertz CT molecular complexity index is 549. The Balaban J connectivity index is 2.18. The molecular formula is C18H27NOS. The first kappa shape index (κ1) is 16.4. The molecular weight excluding hydrogens is 278 g/mol. The number of nitrogens with one attached hydrogen (secondary N) is 1. The van der Waals surface area contributed by atoms with Crippen molar-refractivity contribution in [2.24, 2.45) is 0 Å². The van der Waals surface area contributed by atoms with E-state index in [1.165, 1.54) is 36.0 Å². The Labute approximate surface area is 132 Å². The van der Waals surface area contributed by atoms with Crippen molar-refractivity contribution in [1.29, 1.82) is 0 Å². The van der Waals surface area contributed by atoms with E-state index in [1.807, 2.05) is 11.8 Å². The zero-order chi connectivity index (χ0) is 15.1. The van der Waals surface area contributed by atoms with Crippen molar-refractivity contribution in [2.45, 2.75) is 52.1 Å². The minimum absolute atomic E-state index is 0.577. The van der Waals surface area contributed by atoms with Gasteiger partial charge in [0, 0.05) is 35.7 Å². The van der Waals surface area contributed by atoms with Gasteiger partial charge in [-0.15, -0.1) is 0 Å². The molecule has 1 N–H and O–H groups in total. The zero-order valence-corrected chi connectivity index (χ0v) is 14.3. The molecule has 2 rings (SSSR count). The molecule has 0 aliphatic carbocycles. The second-order valence-corrected chi connectivity index (χ2v) is 6.46. The number of furan rings is 1. The van der Waals surface area contributed by atoms with Crippen molar-refractivity contribution in [3.8, 4) is 0 Å². The highest BCUT2D eigenvalue weighted by atomic mass is 32.2. The van der Waals surface area contributed by atoms with Crippen molar-refractivity contribution in [3.63, 3.8) is 0 Å². The predicted molar refractivity (Wildman–Crippen MR) is 94.1 cm³/mol. The van der Waals surface area contributed by atoms with Gasteiger partial charge in [-0.05, 0) is 25.2 Å². The van der Waals surface area contributed by atoms with Crippen molar-refractivity contribution in [3.05, 3.63) is 35.6 Å². The highest BCUT2D eigenvalue weighted by Crippen LogP contribution is 2.27. The number of unbranched alkanes of at least 4 members (excludes halogenated alkanes) is 1. The van der Waals surface area contributed by atoms with E-state index in [0.29, 0.717) is 6.04 Å². The van der Waals surface area contributed by atoms with Crippen LogP contribution in [-0.4, -0.2) is 18.1 Å². The second kappa shape index (κ2) is 8.50. The minimum Gasteiger partial charge on any atom is -0.461 e. The molecule has 21 heavy (non-hydrogen) atoms. The number of aryl methyl sites for hydroxylation is 1. The molecule has 2 aromatic rings. The second-order valence-electron chi connectivity index (χ2n) is 5.54. The van der Waals surface area contributed by atoms with E-state index in [4.69, 9.17) is 4.42 Å². The van der Waals surface area contributed by atoms with Gasteiger partial charge in [0.25, 0.3) is 0 Å². The fraction of sp³-hybridized carbons (Fsp3) is 0.556. The topological polar surface area (TPSA) is 25.2 Å². The Morgan fingerprint density at radius 3 is 2.76 bits per heavy atom. The minimum atomic E-state index is 0.577. The van der Waals surface area contributed by atoms with Gasteiger partial charge in [0.2, 0.25) is 0 Å². The Kier molecular flexibility index (Phi) is 6.65. The number of benzene rings is 1. The maximum atomic E-state index is 6.08. The number of hydrogen-bond donors (Lipinski definition) is 1. The third-order valence-corrected chi connectivity index (χ3v) is 4.70. The summed E-state index contributed by atoms with van der Waals surface area (Å²) in [5.41, 5.74) is 2.39. The van der Waals surface area contributed by atoms with Crippen molar-refractivity contribution in [2.75, 3.05) is 12.0 Å². The van der Waals surface area contributed by atoms with Crippen LogP contribution in [0.3, 0.4) is 0 Å². The summed E-state index contributed by atoms with van der Waals surface area (Å²) in [4.78, 5) is 0. The van der Waals surface area contributed by atoms with E-state index < -0.39 is 0 Å². The van der Waals surface area contributed by atoms with Gasteiger partial charge >= 0.3 is 0 Å². The number of thioether (sulfide) groups is 1. The monoisotopic (exact) mass is 305 g/mol. The molecule has 0 saturated heterocycles. The number of para-hydroxylation sites is 1. The van der Waals surface area contributed by atoms with E-state index >= 15 is 0 Å². The van der Waals surface area contributed by atoms with Crippen LogP contribution in [0.15, 0.2) is 28.7 Å². The van der Waals surface area contributed by atoms with Crippen LogP contribution >= 0.6 is 11.8 Å². The summed E-state index contributed by atoms with van der Waals surface area (Å²) in [6.45, 7) is 5.39. The molecule has 0 fully saturated rings. The molecule has 0 bridgehead atoms. The molecule has 0 amide bonds. The Morgan fingerprint density at radius 2 is 2.05 bits per heavy atom. The van der Waals surface area contributed by atoms with Gasteiger partial charge in [0.1, 0.15) is 11.3 Å². The summed E-state index contributed by atoms with van der Waals surface area (Å²) in [7, 11) is 0. The van der Waals surface area contributed by atoms with E-state index in [0.717, 1.165) is 24.3 Å². The SMILES string of the molecule is CCCCc1oc2ccccc2c1CNC(CC)CSC. The van der Waals surface area contributed by atoms with Gasteiger partial charge < -0.3 is 9.73 Å². The molecule has 0 spiro atoms. The molecule has 2 nitrogen and oxygen atoms in total. The molecule has 1 heterocycles. The first-order chi connectivity index (χ1) is 10.3. The lowest BCUT2D eigenvalue weighted by Gasteiger charge is -2.15. The molecule has 0 aliphatic rings. The van der Waals surface area contributed by atoms with Crippen LogP contribution in [0.4, 0.5) is 0 Å². The van der Waals surface area contributed by atoms with E-state index in [2.05, 4.69) is 49.7 Å². The lowest BCUT2D eigenvalue weighted by molar-refractivity contribution is 0.507. The van der Waals surface area contributed by atoms with Crippen molar-refractivity contribution in [1.82, 2.24) is 5.32 Å². The van der Waals surface area contributed by atoms with Crippen LogP contribution in [0.2, 0.25) is 0 Å². The van der Waals surface area contributed by atoms with Crippen LogP contribution in [-0.2, 0) is 13.0 Å². The van der Waals surface area contributed by atoms with Crippen LogP contribution in [0.5, 0.6) is 0 Å². The quantitative estimate of drug-likeness (QED) is 0.705. The van der Waals surface area contributed by atoms with Gasteiger partial charge in [-0.3, -0.25) is 0 Å². The van der Waals surface area contributed by atoms with Crippen LogP contribution in [0, 0.1) is 0 Å². The van der Waals surface area contributed by atoms with Crippen molar-refractivity contribution >= 4 is 22.7 Å². The zero-order valence-electron chi connectivity index (χ0n) is 13.4. The summed E-state index contributed by atoms with van der Waals surface area (Å²) in [6, 6.07) is 8.99. The summed E-state index contributed by atoms with van der Waals surface area (Å²) < 4.78 is 6.08. The summed E-state index contributed by atoms with van der Waals surface area (Å²) in [6.07, 6.45) is 6.77. The first-order valence-electron chi connectivity index (χ1n) is 8.01. The third kappa shape index (κ3) is 4.27. The largest absolute Gasteiger partial charge is 0.461 e. The summed E-state index contributed by atoms with van der Waals surface area (Å²) in [5, 5.41) is 4.97. The van der Waals surface area contributed by atoms with Gasteiger partial charge in [-0.1, -0.05) is 38.5 Å². The molecule has 0 saturated carbocycles. The normalized spacial score (nSPS) is 12.9. The molecule has 116 valence electrons. The molecule has 1 aromatic carbocycles. The molecule has 3 heteroatoms. The van der Waals surface area contributed by atoms with Crippen LogP contribution in [0.25, 0.3) is 11.0 Å². The smallest absolute Gasteiger partial charge is 0.134 e. The highest BCUT2D eigenvalue weighted by molar-refractivity contribution is 7.98. The van der Waals surface area contributed by atoms with E-state index in [9.17, 15) is 0 Å². The average Bonchev–Trinajstić information content (AvgIpc) is 2.87. The third-order valence-electron chi connectivity index (χ3n) is 3.97. The van der Waals surface area contributed by atoms with Crippen molar-refractivity contribution < 1.29 is 4.42 Å². The van der Waals surface area contributed by atoms with E-state index in [-0.39, 0.29) is 0 Å². The Hall–Kier alpha value is -0.930. The maximum absolute atomic E-state index is 6.08. The fourth-order valence-electron chi connectivity index (χ4n) is 2.65. The predicted octanol–water partition coefficient (Wildman–Crippen LogP) is 5.01. The van der Waals surface area contributed by atoms with Gasteiger partial charge in [0.05, 0.1) is 0 Å². The standard InChI is InChI=1S/C18H27NOS/c1-4-6-10-18-16(12-19-14(5-2)13-21-3)15-9-7-8-11-17(15)20-18/h7-9,11,14,19H,4-6,10,12-13H2,1-3H3. The van der Waals surface area contributed by atoms with Gasteiger partial charge in [-0.25, -0.2) is 0 Å². The average molecular weight is 305 g/mol. The van der Waals surface area contributed by atoms with Crippen LogP contribution in [0.1, 0.15) is 44.4 Å². The van der Waals surface area contributed by atoms with Crippen LogP contribution < -0.4 is 5.32 Å². The highest BCUT2D eigenvalue weighted by Gasteiger charge is 2.14. The number of hydrogen-bond acceptors (Lipinski definition) is 3. The number of fused-ring (bicyclic) bond motifs is 1. The fourth-order valence-corrected chi connectivity index (χ4v) is 3.41. The Morgan fingerprint density at radius 1 is 1.24 bits per heavy atom.